The minimum Gasteiger partial charge on any atom is -0.477 e. The fourth-order valence-electron chi connectivity index (χ4n) is 1.20. The van der Waals surface area contributed by atoms with E-state index < -0.39 is 5.97 Å². The van der Waals surface area contributed by atoms with Gasteiger partial charge in [-0.05, 0) is 18.2 Å². The summed E-state index contributed by atoms with van der Waals surface area (Å²) in [5, 5.41) is 16.2. The lowest BCUT2D eigenvalue weighted by molar-refractivity contribution is 0.0690. The zero-order valence-electron chi connectivity index (χ0n) is 8.98. The SMILES string of the molecule is Cn1nncc1/C=C/c1cc(C(=O)O)ncn1. The monoisotopic (exact) mass is 231 g/mol. The Morgan fingerprint density at radius 1 is 1.41 bits per heavy atom. The third-order valence-electron chi connectivity index (χ3n) is 2.08. The summed E-state index contributed by atoms with van der Waals surface area (Å²) in [6.07, 6.45) is 6.22. The van der Waals surface area contributed by atoms with Gasteiger partial charge in [-0.15, -0.1) is 5.10 Å². The van der Waals surface area contributed by atoms with Crippen molar-refractivity contribution in [2.24, 2.45) is 7.05 Å². The minimum absolute atomic E-state index is 0.0391. The van der Waals surface area contributed by atoms with E-state index in [1.165, 1.54) is 12.4 Å². The molecule has 0 aliphatic heterocycles. The average Bonchev–Trinajstić information content (AvgIpc) is 2.72. The molecule has 1 N–H and O–H groups in total. The Kier molecular flexibility index (Phi) is 2.91. The molecule has 7 heteroatoms. The van der Waals surface area contributed by atoms with Gasteiger partial charge in [0, 0.05) is 7.05 Å². The Morgan fingerprint density at radius 2 is 2.24 bits per heavy atom. The summed E-state index contributed by atoms with van der Waals surface area (Å²) in [6, 6.07) is 1.39. The first-order valence-corrected chi connectivity index (χ1v) is 4.75. The molecule has 0 aromatic carbocycles. The molecule has 2 rings (SSSR count). The van der Waals surface area contributed by atoms with Crippen molar-refractivity contribution in [2.75, 3.05) is 0 Å². The summed E-state index contributed by atoms with van der Waals surface area (Å²) in [4.78, 5) is 18.3. The van der Waals surface area contributed by atoms with E-state index in [9.17, 15) is 4.79 Å². The Balaban J connectivity index is 2.24. The van der Waals surface area contributed by atoms with Crippen molar-refractivity contribution in [3.63, 3.8) is 0 Å². The van der Waals surface area contributed by atoms with E-state index in [0.717, 1.165) is 5.69 Å². The molecule has 2 aromatic rings. The number of carbonyl (C=O) groups is 1. The predicted molar refractivity (Wildman–Crippen MR) is 58.9 cm³/mol. The molecule has 0 saturated carbocycles. The largest absolute Gasteiger partial charge is 0.477 e. The lowest BCUT2D eigenvalue weighted by Crippen LogP contribution is -2.01. The molecule has 2 heterocycles. The second kappa shape index (κ2) is 4.52. The molecule has 0 aliphatic rings. The van der Waals surface area contributed by atoms with Crippen LogP contribution in [0.5, 0.6) is 0 Å². The van der Waals surface area contributed by atoms with Crippen LogP contribution in [0.1, 0.15) is 21.9 Å². The van der Waals surface area contributed by atoms with Crippen molar-refractivity contribution in [3.05, 3.63) is 35.7 Å². The van der Waals surface area contributed by atoms with Crippen LogP contribution in [0.4, 0.5) is 0 Å². The Morgan fingerprint density at radius 3 is 2.88 bits per heavy atom. The second-order valence-electron chi connectivity index (χ2n) is 3.25. The molecular weight excluding hydrogens is 222 g/mol. The highest BCUT2D eigenvalue weighted by molar-refractivity contribution is 5.86. The number of aryl methyl sites for hydroxylation is 1. The molecular formula is C10H9N5O2. The zero-order chi connectivity index (χ0) is 12.3. The molecule has 0 spiro atoms. The van der Waals surface area contributed by atoms with Crippen molar-refractivity contribution in [1.29, 1.82) is 0 Å². The zero-order valence-corrected chi connectivity index (χ0v) is 8.98. The lowest BCUT2D eigenvalue weighted by Gasteiger charge is -1.95. The van der Waals surface area contributed by atoms with Crippen molar-refractivity contribution < 1.29 is 9.90 Å². The number of nitrogens with zero attached hydrogens (tertiary/aromatic N) is 5. The molecule has 0 bridgehead atoms. The van der Waals surface area contributed by atoms with Crippen LogP contribution < -0.4 is 0 Å². The Hall–Kier alpha value is -2.57. The van der Waals surface area contributed by atoms with E-state index >= 15 is 0 Å². The van der Waals surface area contributed by atoms with E-state index in [1.807, 2.05) is 0 Å². The van der Waals surface area contributed by atoms with Crippen LogP contribution in [-0.4, -0.2) is 36.0 Å². The molecule has 0 aliphatic carbocycles. The fourth-order valence-corrected chi connectivity index (χ4v) is 1.20. The first-order valence-electron chi connectivity index (χ1n) is 4.75. The van der Waals surface area contributed by atoms with Gasteiger partial charge in [-0.1, -0.05) is 5.21 Å². The smallest absolute Gasteiger partial charge is 0.354 e. The summed E-state index contributed by atoms with van der Waals surface area (Å²) in [5.74, 6) is -1.08. The van der Waals surface area contributed by atoms with Crippen LogP contribution in [0.3, 0.4) is 0 Å². The number of carboxylic acid groups (broad SMARTS) is 1. The molecule has 2 aromatic heterocycles. The first kappa shape index (κ1) is 10.9. The van der Waals surface area contributed by atoms with Gasteiger partial charge in [-0.3, -0.25) is 0 Å². The number of aromatic carboxylic acids is 1. The maximum atomic E-state index is 10.7. The van der Waals surface area contributed by atoms with Gasteiger partial charge < -0.3 is 5.11 Å². The molecule has 0 radical (unpaired) electrons. The first-order chi connectivity index (χ1) is 8.16. The van der Waals surface area contributed by atoms with Gasteiger partial charge in [0.05, 0.1) is 17.6 Å². The topological polar surface area (TPSA) is 93.8 Å². The Bertz CT molecular complexity index is 576. The van der Waals surface area contributed by atoms with Crippen molar-refractivity contribution in [2.45, 2.75) is 0 Å². The molecule has 7 nitrogen and oxygen atoms in total. The number of hydrogen-bond donors (Lipinski definition) is 1. The Labute approximate surface area is 96.4 Å². The summed E-state index contributed by atoms with van der Waals surface area (Å²) in [7, 11) is 1.76. The predicted octanol–water partition coefficient (Wildman–Crippen LogP) is 0.474. The molecule has 86 valence electrons. The van der Waals surface area contributed by atoms with E-state index in [2.05, 4.69) is 20.3 Å². The summed E-state index contributed by atoms with van der Waals surface area (Å²) >= 11 is 0. The van der Waals surface area contributed by atoms with Crippen LogP contribution in [-0.2, 0) is 7.05 Å². The number of carboxylic acids is 1. The van der Waals surface area contributed by atoms with Crippen LogP contribution >= 0.6 is 0 Å². The lowest BCUT2D eigenvalue weighted by atomic mass is 10.3. The van der Waals surface area contributed by atoms with E-state index in [4.69, 9.17) is 5.11 Å². The van der Waals surface area contributed by atoms with Gasteiger partial charge in [-0.25, -0.2) is 19.4 Å². The fraction of sp³-hybridized carbons (Fsp3) is 0.100. The van der Waals surface area contributed by atoms with Gasteiger partial charge in [0.15, 0.2) is 5.69 Å². The third-order valence-corrected chi connectivity index (χ3v) is 2.08. The molecule has 0 unspecified atom stereocenters. The van der Waals surface area contributed by atoms with Gasteiger partial charge in [0.1, 0.15) is 6.33 Å². The van der Waals surface area contributed by atoms with E-state index in [-0.39, 0.29) is 5.69 Å². The second-order valence-corrected chi connectivity index (χ2v) is 3.25. The van der Waals surface area contributed by atoms with Gasteiger partial charge in [0.2, 0.25) is 0 Å². The molecule has 17 heavy (non-hydrogen) atoms. The number of rotatable bonds is 3. The highest BCUT2D eigenvalue weighted by Gasteiger charge is 2.04. The standard InChI is InChI=1S/C10H9N5O2/c1-15-8(5-13-14-15)3-2-7-4-9(10(16)17)12-6-11-7/h2-6H,1H3,(H,16,17)/b3-2+. The normalized spacial score (nSPS) is 10.9. The van der Waals surface area contributed by atoms with Gasteiger partial charge in [0.25, 0.3) is 0 Å². The number of hydrogen-bond acceptors (Lipinski definition) is 5. The molecule has 0 fully saturated rings. The molecule has 0 amide bonds. The molecule has 0 atom stereocenters. The minimum atomic E-state index is -1.08. The average molecular weight is 231 g/mol. The van der Waals surface area contributed by atoms with E-state index in [1.54, 1.807) is 30.1 Å². The van der Waals surface area contributed by atoms with Crippen LogP contribution in [0.15, 0.2) is 18.6 Å². The van der Waals surface area contributed by atoms with E-state index in [0.29, 0.717) is 5.69 Å². The van der Waals surface area contributed by atoms with Crippen molar-refractivity contribution >= 4 is 18.1 Å². The maximum Gasteiger partial charge on any atom is 0.354 e. The van der Waals surface area contributed by atoms with Crippen molar-refractivity contribution in [1.82, 2.24) is 25.0 Å². The van der Waals surface area contributed by atoms with Gasteiger partial charge >= 0.3 is 5.97 Å². The summed E-state index contributed by atoms with van der Waals surface area (Å²) in [5.41, 5.74) is 1.27. The number of aromatic nitrogens is 5. The summed E-state index contributed by atoms with van der Waals surface area (Å²) < 4.78 is 1.59. The van der Waals surface area contributed by atoms with Crippen LogP contribution in [0.25, 0.3) is 12.2 Å². The quantitative estimate of drug-likeness (QED) is 0.825. The highest BCUT2D eigenvalue weighted by atomic mass is 16.4. The van der Waals surface area contributed by atoms with Crippen LogP contribution in [0.2, 0.25) is 0 Å². The molecule has 0 saturated heterocycles. The van der Waals surface area contributed by atoms with Crippen LogP contribution in [0, 0.1) is 0 Å². The van der Waals surface area contributed by atoms with Crippen molar-refractivity contribution in [3.8, 4) is 0 Å². The van der Waals surface area contributed by atoms with Gasteiger partial charge in [-0.2, -0.15) is 0 Å². The third kappa shape index (κ3) is 2.51. The highest BCUT2D eigenvalue weighted by Crippen LogP contribution is 2.04. The summed E-state index contributed by atoms with van der Waals surface area (Å²) in [6.45, 7) is 0. The maximum absolute atomic E-state index is 10.7.